The Hall–Kier alpha value is -2.53. The molecule has 1 aromatic carbocycles. The van der Waals surface area contributed by atoms with Crippen LogP contribution >= 0.6 is 0 Å². The van der Waals surface area contributed by atoms with Gasteiger partial charge in [0, 0.05) is 36.4 Å². The number of likely N-dealkylation sites (N-methyl/N-ethyl adjacent to an activating group) is 1. The Morgan fingerprint density at radius 2 is 1.45 bits per heavy atom. The lowest BCUT2D eigenvalue weighted by molar-refractivity contribution is -0.125. The Balaban J connectivity index is 2.37. The molecule has 1 rings (SSSR count). The van der Waals surface area contributed by atoms with E-state index in [9.17, 15) is 14.4 Å². The molecule has 0 heterocycles. The normalized spacial score (nSPS) is 14.9. The smallest absolute Gasteiger partial charge is 0.237 e. The molecule has 0 saturated carbocycles. The standard InChI is InChI=1S/C19H33N7O3/c1-13(20-3)15(11-27)9-22-25-16-5-7-17(8-6-16)26-23-10-18(12-28)24-19(29)14(2)21-4/h5-8,11-15,18,20-23,25-26H,9-10H2,1-4H3,(H,24,29). The zero-order chi connectivity index (χ0) is 21.6. The van der Waals surface area contributed by atoms with E-state index in [1.165, 1.54) is 0 Å². The van der Waals surface area contributed by atoms with Gasteiger partial charge in [-0.25, -0.2) is 10.9 Å². The van der Waals surface area contributed by atoms with Crippen LogP contribution in [0.25, 0.3) is 0 Å². The summed E-state index contributed by atoms with van der Waals surface area (Å²) in [4.78, 5) is 34.0. The molecule has 4 unspecified atom stereocenters. The van der Waals surface area contributed by atoms with Gasteiger partial charge in [0.1, 0.15) is 12.6 Å². The third-order valence-electron chi connectivity index (χ3n) is 4.60. The number of hydrazine groups is 2. The number of aldehydes is 2. The molecule has 7 N–H and O–H groups in total. The van der Waals surface area contributed by atoms with Crippen molar-refractivity contribution in [1.29, 1.82) is 0 Å². The van der Waals surface area contributed by atoms with Crippen molar-refractivity contribution in [3.63, 3.8) is 0 Å². The monoisotopic (exact) mass is 407 g/mol. The predicted octanol–water partition coefficient (Wildman–Crippen LogP) is -0.766. The van der Waals surface area contributed by atoms with Crippen LogP contribution in [0.5, 0.6) is 0 Å². The lowest BCUT2D eigenvalue weighted by Crippen LogP contribution is -2.50. The van der Waals surface area contributed by atoms with E-state index >= 15 is 0 Å². The summed E-state index contributed by atoms with van der Waals surface area (Å²) in [7, 11) is 3.50. The van der Waals surface area contributed by atoms with Crippen LogP contribution < -0.4 is 37.7 Å². The number of benzene rings is 1. The van der Waals surface area contributed by atoms with Crippen LogP contribution in [-0.2, 0) is 14.4 Å². The maximum absolute atomic E-state index is 11.8. The molecule has 1 amide bonds. The van der Waals surface area contributed by atoms with Gasteiger partial charge < -0.3 is 36.4 Å². The summed E-state index contributed by atoms with van der Waals surface area (Å²) in [5.74, 6) is -0.379. The van der Waals surface area contributed by atoms with Crippen molar-refractivity contribution in [3.8, 4) is 0 Å². The third-order valence-corrected chi connectivity index (χ3v) is 4.60. The molecule has 0 aliphatic heterocycles. The summed E-state index contributed by atoms with van der Waals surface area (Å²) in [6, 6.07) is 6.50. The topological polar surface area (TPSA) is 135 Å². The van der Waals surface area contributed by atoms with E-state index in [2.05, 4.69) is 37.7 Å². The molecule has 162 valence electrons. The van der Waals surface area contributed by atoms with Gasteiger partial charge in [-0.3, -0.25) is 4.79 Å². The lowest BCUT2D eigenvalue weighted by atomic mass is 10.0. The number of hydrogen-bond acceptors (Lipinski definition) is 9. The maximum Gasteiger partial charge on any atom is 0.237 e. The highest BCUT2D eigenvalue weighted by molar-refractivity contribution is 5.84. The van der Waals surface area contributed by atoms with Gasteiger partial charge >= 0.3 is 0 Å². The van der Waals surface area contributed by atoms with Crippen LogP contribution in [0.2, 0.25) is 0 Å². The highest BCUT2D eigenvalue weighted by Gasteiger charge is 2.15. The van der Waals surface area contributed by atoms with Crippen LogP contribution in [0.15, 0.2) is 24.3 Å². The van der Waals surface area contributed by atoms with Crippen LogP contribution in [0.1, 0.15) is 13.8 Å². The molecule has 29 heavy (non-hydrogen) atoms. The Morgan fingerprint density at radius 3 is 1.90 bits per heavy atom. The average molecular weight is 408 g/mol. The summed E-state index contributed by atoms with van der Waals surface area (Å²) in [5, 5.41) is 8.52. The molecule has 0 spiro atoms. The number of nitrogens with one attached hydrogen (secondary N) is 7. The molecule has 10 nitrogen and oxygen atoms in total. The summed E-state index contributed by atoms with van der Waals surface area (Å²) >= 11 is 0. The summed E-state index contributed by atoms with van der Waals surface area (Å²) < 4.78 is 0. The molecule has 0 bridgehead atoms. The lowest BCUT2D eigenvalue weighted by Gasteiger charge is -2.19. The summed E-state index contributed by atoms with van der Waals surface area (Å²) in [6.45, 7) is 4.41. The van der Waals surface area contributed by atoms with E-state index < -0.39 is 6.04 Å². The molecule has 1 aromatic rings. The molecule has 0 aromatic heterocycles. The molecule has 0 aliphatic carbocycles. The van der Waals surface area contributed by atoms with Crippen LogP contribution in [0.4, 0.5) is 11.4 Å². The van der Waals surface area contributed by atoms with Crippen molar-refractivity contribution in [2.24, 2.45) is 5.92 Å². The largest absolute Gasteiger partial charge is 0.344 e. The van der Waals surface area contributed by atoms with Gasteiger partial charge in [0.05, 0.1) is 12.1 Å². The fourth-order valence-electron chi connectivity index (χ4n) is 2.30. The van der Waals surface area contributed by atoms with Crippen molar-refractivity contribution in [3.05, 3.63) is 24.3 Å². The number of anilines is 2. The summed E-state index contributed by atoms with van der Waals surface area (Å²) in [5.41, 5.74) is 13.6. The Bertz CT molecular complexity index is 627. The minimum absolute atomic E-state index is 0.0841. The van der Waals surface area contributed by atoms with Crippen LogP contribution in [-0.4, -0.2) is 63.8 Å². The van der Waals surface area contributed by atoms with Crippen molar-refractivity contribution < 1.29 is 14.4 Å². The quantitative estimate of drug-likeness (QED) is 0.148. The second-order valence-corrected chi connectivity index (χ2v) is 6.73. The zero-order valence-electron chi connectivity index (χ0n) is 17.4. The predicted molar refractivity (Wildman–Crippen MR) is 114 cm³/mol. The van der Waals surface area contributed by atoms with Gasteiger partial charge in [0.15, 0.2) is 0 Å². The van der Waals surface area contributed by atoms with Gasteiger partial charge in [-0.2, -0.15) is 0 Å². The second kappa shape index (κ2) is 13.6. The number of carbonyl (C=O) groups excluding carboxylic acids is 3. The Labute approximate surface area is 171 Å². The fourth-order valence-corrected chi connectivity index (χ4v) is 2.30. The number of hydrogen-bond donors (Lipinski definition) is 7. The number of amides is 1. The number of carbonyl (C=O) groups is 3. The zero-order valence-corrected chi connectivity index (χ0v) is 17.4. The second-order valence-electron chi connectivity index (χ2n) is 6.73. The van der Waals surface area contributed by atoms with Crippen molar-refractivity contribution in [2.75, 3.05) is 38.0 Å². The van der Waals surface area contributed by atoms with E-state index in [1.807, 2.05) is 38.2 Å². The minimum Gasteiger partial charge on any atom is -0.344 e. The van der Waals surface area contributed by atoms with Gasteiger partial charge in [-0.15, -0.1) is 0 Å². The highest BCUT2D eigenvalue weighted by atomic mass is 16.2. The van der Waals surface area contributed by atoms with Crippen LogP contribution in [0.3, 0.4) is 0 Å². The fraction of sp³-hybridized carbons (Fsp3) is 0.526. The van der Waals surface area contributed by atoms with Gasteiger partial charge in [-0.05, 0) is 52.2 Å². The third kappa shape index (κ3) is 9.01. The Kier molecular flexibility index (Phi) is 11.5. The highest BCUT2D eigenvalue weighted by Crippen LogP contribution is 2.12. The first-order valence-electron chi connectivity index (χ1n) is 9.58. The Morgan fingerprint density at radius 1 is 0.897 bits per heavy atom. The maximum atomic E-state index is 11.8. The minimum atomic E-state index is -0.637. The van der Waals surface area contributed by atoms with Gasteiger partial charge in [-0.1, -0.05) is 0 Å². The first kappa shape index (κ1) is 24.5. The average Bonchev–Trinajstić information content (AvgIpc) is 2.75. The van der Waals surface area contributed by atoms with Crippen LogP contribution in [0, 0.1) is 5.92 Å². The molecule has 0 saturated heterocycles. The molecule has 0 aliphatic rings. The van der Waals surface area contributed by atoms with E-state index in [-0.39, 0.29) is 30.5 Å². The first-order valence-corrected chi connectivity index (χ1v) is 9.58. The van der Waals surface area contributed by atoms with Crippen molar-refractivity contribution >= 4 is 29.9 Å². The van der Waals surface area contributed by atoms with E-state index in [1.54, 1.807) is 14.0 Å². The molecule has 4 atom stereocenters. The molecular weight excluding hydrogens is 374 g/mol. The van der Waals surface area contributed by atoms with E-state index in [4.69, 9.17) is 0 Å². The van der Waals surface area contributed by atoms with E-state index in [0.29, 0.717) is 12.8 Å². The van der Waals surface area contributed by atoms with Crippen molar-refractivity contribution in [2.45, 2.75) is 32.0 Å². The van der Waals surface area contributed by atoms with E-state index in [0.717, 1.165) is 17.7 Å². The first-order chi connectivity index (χ1) is 13.9. The molecule has 0 fully saturated rings. The van der Waals surface area contributed by atoms with Gasteiger partial charge in [0.2, 0.25) is 5.91 Å². The number of rotatable bonds is 15. The molecule has 0 radical (unpaired) electrons. The van der Waals surface area contributed by atoms with Gasteiger partial charge in [0.25, 0.3) is 0 Å². The van der Waals surface area contributed by atoms with Crippen molar-refractivity contribution in [1.82, 2.24) is 26.8 Å². The molecule has 10 heteroatoms. The summed E-state index contributed by atoms with van der Waals surface area (Å²) in [6.07, 6.45) is 1.62. The molecular formula is C19H33N7O3. The SMILES string of the molecule is CNC(C)C(=O)NC(C=O)CNNc1ccc(NNCC(C=O)C(C)NC)cc1.